The fourth-order valence-corrected chi connectivity index (χ4v) is 0. The molecule has 0 aromatic heterocycles. The lowest BCUT2D eigenvalue weighted by atomic mass is 10.8. The molecular weight excluding hydrogens is 112 g/mol. The summed E-state index contributed by atoms with van der Waals surface area (Å²) in [4.78, 5) is 0. The predicted octanol–water partition coefficient (Wildman–Crippen LogP) is 0.281. The van der Waals surface area contributed by atoms with Crippen molar-refractivity contribution in [2.45, 2.75) is 0 Å². The topological polar surface area (TPSA) is 3.01 Å². The zero-order valence-corrected chi connectivity index (χ0v) is 7.60. The van der Waals surface area contributed by atoms with Crippen molar-refractivity contribution in [1.29, 1.82) is 0 Å². The summed E-state index contributed by atoms with van der Waals surface area (Å²) in [5.74, 6) is 0. The van der Waals surface area contributed by atoms with Crippen LogP contribution in [0.3, 0.4) is 0 Å². The highest BCUT2D eigenvalue weighted by atomic mass is 15.2. The zero-order chi connectivity index (χ0) is 8.08. The molecule has 0 N–H and O–H groups in total. The van der Waals surface area contributed by atoms with Crippen LogP contribution in [0, 0.1) is 0 Å². The van der Waals surface area contributed by atoms with Crippen LogP contribution in [0.4, 0.5) is 0 Å². The van der Waals surface area contributed by atoms with Gasteiger partial charge in [0.2, 0.25) is 0 Å². The Morgan fingerprint density at radius 3 is 1.00 bits per heavy atom. The van der Waals surface area contributed by atoms with Crippen LogP contribution in [0.25, 0.3) is 0 Å². The highest BCUT2D eigenvalue weighted by molar-refractivity contribution is 5.13. The second-order valence-corrected chi connectivity index (χ2v) is 3.76. The van der Waals surface area contributed by atoms with Crippen LogP contribution in [-0.2, 0) is 0 Å². The molecule has 0 aliphatic carbocycles. The average molecular weight is 132 g/mol. The number of nitrogens with zero attached hydrogens (tertiary/aromatic N) is 2. The lowest BCUT2D eigenvalue weighted by Crippen LogP contribution is -2.27. The van der Waals surface area contributed by atoms with Crippen LogP contribution in [0.2, 0.25) is 0 Å². The van der Waals surface area contributed by atoms with Crippen LogP contribution in [-0.4, -0.2) is 58.1 Å². The second kappa shape index (κ2) is 4.50. The molecule has 9 heavy (non-hydrogen) atoms. The van der Waals surface area contributed by atoms with Crippen molar-refractivity contribution in [1.82, 2.24) is 0 Å². The van der Waals surface area contributed by atoms with Gasteiger partial charge in [-0.2, -0.15) is 0 Å². The molecule has 0 saturated heterocycles. The molecule has 0 spiro atoms. The maximum absolute atomic E-state index is 3.47. The Morgan fingerprint density at radius 2 is 1.00 bits per heavy atom. The molecule has 0 aromatic rings. The Hall–Kier alpha value is -0.370. The highest BCUT2D eigenvalue weighted by Crippen LogP contribution is 1.73. The maximum Gasteiger partial charge on any atom is 0.131 e. The minimum absolute atomic E-state index is 1.00. The van der Waals surface area contributed by atoms with Gasteiger partial charge in [0.1, 0.15) is 20.8 Å². The molecule has 0 aromatic carbocycles. The van der Waals surface area contributed by atoms with E-state index in [0.717, 1.165) is 4.48 Å². The summed E-state index contributed by atoms with van der Waals surface area (Å²) in [7, 11) is 12.3. The van der Waals surface area contributed by atoms with E-state index in [1.54, 1.807) is 4.58 Å². The van der Waals surface area contributed by atoms with Gasteiger partial charge in [-0.05, 0) is 0 Å². The third-order valence-corrected chi connectivity index (χ3v) is 0. The van der Waals surface area contributed by atoms with Gasteiger partial charge < -0.3 is 4.48 Å². The van der Waals surface area contributed by atoms with Crippen molar-refractivity contribution >= 4 is 6.72 Å². The van der Waals surface area contributed by atoms with E-state index in [4.69, 9.17) is 0 Å². The van der Waals surface area contributed by atoms with Crippen molar-refractivity contribution < 1.29 is 9.06 Å². The van der Waals surface area contributed by atoms with Gasteiger partial charge in [0.05, 0.1) is 28.2 Å². The first-order valence-electron chi connectivity index (χ1n) is 3.00. The monoisotopic (exact) mass is 132 g/mol. The van der Waals surface area contributed by atoms with E-state index >= 15 is 0 Å². The number of hydrogen-bond acceptors (Lipinski definition) is 0. The second-order valence-electron chi connectivity index (χ2n) is 3.76. The van der Waals surface area contributed by atoms with Gasteiger partial charge in [0, 0.05) is 0 Å². The van der Waals surface area contributed by atoms with E-state index in [-0.39, 0.29) is 0 Å². The van der Waals surface area contributed by atoms with E-state index in [9.17, 15) is 0 Å². The van der Waals surface area contributed by atoms with Crippen LogP contribution in [0.15, 0.2) is 0 Å². The lowest BCUT2D eigenvalue weighted by Gasteiger charge is -2.14. The minimum atomic E-state index is 1.00. The molecule has 56 valence electrons. The summed E-state index contributed by atoms with van der Waals surface area (Å²) < 4.78 is 2.75. The van der Waals surface area contributed by atoms with Gasteiger partial charge in [-0.15, -0.1) is 0 Å². The van der Waals surface area contributed by atoms with Gasteiger partial charge in [-0.3, -0.25) is 0 Å². The molecule has 0 rings (SSSR count). The van der Waals surface area contributed by atoms with Crippen molar-refractivity contribution in [3.63, 3.8) is 0 Å². The maximum atomic E-state index is 3.47. The molecule has 0 radical (unpaired) electrons. The Balaban J connectivity index is 0. The first kappa shape index (κ1) is 11.4. The number of hydrogen-bond donors (Lipinski definition) is 0. The van der Waals surface area contributed by atoms with Gasteiger partial charge >= 0.3 is 0 Å². The van der Waals surface area contributed by atoms with E-state index in [0.29, 0.717) is 0 Å². The lowest BCUT2D eigenvalue weighted by molar-refractivity contribution is -0.849. The number of rotatable bonds is 0. The summed E-state index contributed by atoms with van der Waals surface area (Å²) >= 11 is 0. The van der Waals surface area contributed by atoms with Crippen molar-refractivity contribution in [3.8, 4) is 0 Å². The molecule has 0 atom stereocenters. The van der Waals surface area contributed by atoms with E-state index in [1.165, 1.54) is 0 Å². The molecular formula is C7H20N2+2. The molecule has 0 heterocycles. The van der Waals surface area contributed by atoms with E-state index < -0.39 is 0 Å². The standard InChI is InChI=1S/C4H12N.C3H8N/c1-5(2,3)4;1-4(2)3/h1-4H3;1H2,2-3H3/q2*+1. The van der Waals surface area contributed by atoms with E-state index in [1.807, 2.05) is 14.1 Å². The van der Waals surface area contributed by atoms with Gasteiger partial charge in [0.25, 0.3) is 0 Å². The van der Waals surface area contributed by atoms with Crippen LogP contribution in [0.1, 0.15) is 0 Å². The molecule has 0 aliphatic rings. The fraction of sp³-hybridized carbons (Fsp3) is 0.857. The van der Waals surface area contributed by atoms with Crippen molar-refractivity contribution in [3.05, 3.63) is 0 Å². The largest absolute Gasteiger partial charge is 0.333 e. The van der Waals surface area contributed by atoms with Crippen LogP contribution >= 0.6 is 0 Å². The fourth-order valence-electron chi connectivity index (χ4n) is 0. The zero-order valence-electron chi connectivity index (χ0n) is 7.60. The highest BCUT2D eigenvalue weighted by Gasteiger charge is 1.88. The summed E-state index contributed by atoms with van der Waals surface area (Å²) in [5.41, 5.74) is 0. The Bertz CT molecular complexity index is 69.4. The molecule has 0 saturated carbocycles. The molecule has 0 fully saturated rings. The molecule has 0 aliphatic heterocycles. The van der Waals surface area contributed by atoms with Crippen LogP contribution in [0.5, 0.6) is 0 Å². The molecule has 2 nitrogen and oxygen atoms in total. The third-order valence-electron chi connectivity index (χ3n) is 0. The van der Waals surface area contributed by atoms with Gasteiger partial charge in [-0.1, -0.05) is 0 Å². The first-order valence-corrected chi connectivity index (χ1v) is 3.00. The molecule has 2 heteroatoms. The predicted molar refractivity (Wildman–Crippen MR) is 43.2 cm³/mol. The third kappa shape index (κ3) is 1770. The smallest absolute Gasteiger partial charge is 0.131 e. The number of quaternary nitrogens is 1. The Morgan fingerprint density at radius 1 is 1.00 bits per heavy atom. The van der Waals surface area contributed by atoms with Crippen LogP contribution < -0.4 is 0 Å². The van der Waals surface area contributed by atoms with Crippen molar-refractivity contribution in [2.24, 2.45) is 0 Å². The summed E-state index contributed by atoms with van der Waals surface area (Å²) in [6.07, 6.45) is 0. The van der Waals surface area contributed by atoms with Gasteiger partial charge in [-0.25, -0.2) is 4.58 Å². The molecule has 0 unspecified atom stereocenters. The summed E-state index contributed by atoms with van der Waals surface area (Å²) in [5, 5.41) is 0. The first-order chi connectivity index (χ1) is 3.73. The SMILES string of the molecule is C=[N+](C)C.C[N+](C)(C)C. The minimum Gasteiger partial charge on any atom is -0.333 e. The van der Waals surface area contributed by atoms with E-state index in [2.05, 4.69) is 34.9 Å². The average Bonchev–Trinajstić information content (AvgIpc) is 1.19. The normalized spacial score (nSPS) is 9.56. The summed E-state index contributed by atoms with van der Waals surface area (Å²) in [6.45, 7) is 3.47. The Kier molecular flexibility index (Phi) is 5.72. The van der Waals surface area contributed by atoms with Gasteiger partial charge in [0.15, 0.2) is 0 Å². The molecule has 0 amide bonds. The quantitative estimate of drug-likeness (QED) is 0.253. The molecule has 0 bridgehead atoms. The summed E-state index contributed by atoms with van der Waals surface area (Å²) in [6, 6.07) is 0. The Labute approximate surface area is 59.0 Å². The van der Waals surface area contributed by atoms with Crippen molar-refractivity contribution in [2.75, 3.05) is 42.3 Å².